The Morgan fingerprint density at radius 2 is 2.35 bits per heavy atom. The fourth-order valence-corrected chi connectivity index (χ4v) is 1.66. The zero-order chi connectivity index (χ0) is 12.5. The van der Waals surface area contributed by atoms with Gasteiger partial charge >= 0.3 is 0 Å². The van der Waals surface area contributed by atoms with Crippen LogP contribution in [0.1, 0.15) is 12.0 Å². The van der Waals surface area contributed by atoms with Gasteiger partial charge in [0.25, 0.3) is 5.92 Å². The lowest BCUT2D eigenvalue weighted by Crippen LogP contribution is -2.35. The van der Waals surface area contributed by atoms with E-state index >= 15 is 0 Å². The zero-order valence-electron chi connectivity index (χ0n) is 9.34. The Hall–Kier alpha value is -1.56. The van der Waals surface area contributed by atoms with Crippen LogP contribution < -0.4 is 10.6 Å². The minimum Gasteiger partial charge on any atom is -0.309 e. The Kier molecular flexibility index (Phi) is 3.06. The third-order valence-corrected chi connectivity index (χ3v) is 2.59. The number of carbonyl (C=O) groups excluding carboxylic acids is 1. The molecule has 1 aliphatic rings. The summed E-state index contributed by atoms with van der Waals surface area (Å²) in [6, 6.07) is 2.58. The minimum atomic E-state index is -2.80. The highest BCUT2D eigenvalue weighted by molar-refractivity contribution is 5.94. The fourth-order valence-electron chi connectivity index (χ4n) is 1.66. The maximum absolute atomic E-state index is 12.9. The monoisotopic (exact) mass is 241 g/mol. The number of pyridine rings is 1. The second kappa shape index (κ2) is 4.37. The van der Waals surface area contributed by atoms with Crippen molar-refractivity contribution in [3.8, 4) is 0 Å². The van der Waals surface area contributed by atoms with Crippen molar-refractivity contribution < 1.29 is 13.6 Å². The highest BCUT2D eigenvalue weighted by Crippen LogP contribution is 2.25. The molecule has 1 amide bonds. The Balaban J connectivity index is 1.96. The van der Waals surface area contributed by atoms with Crippen LogP contribution in [-0.2, 0) is 4.79 Å². The number of rotatable bonds is 2. The smallest absolute Gasteiger partial charge is 0.262 e. The van der Waals surface area contributed by atoms with E-state index in [1.165, 1.54) is 0 Å². The molecule has 1 atom stereocenters. The van der Waals surface area contributed by atoms with Gasteiger partial charge in [0, 0.05) is 12.6 Å². The van der Waals surface area contributed by atoms with Crippen LogP contribution >= 0.6 is 0 Å². The van der Waals surface area contributed by atoms with E-state index < -0.39 is 30.8 Å². The number of carbonyl (C=O) groups is 1. The molecule has 1 aromatic heterocycles. The van der Waals surface area contributed by atoms with E-state index in [1.807, 2.05) is 6.92 Å². The van der Waals surface area contributed by atoms with Gasteiger partial charge in [0.2, 0.25) is 5.91 Å². The number of alkyl halides is 2. The number of halogens is 2. The van der Waals surface area contributed by atoms with Gasteiger partial charge in [-0.3, -0.25) is 10.1 Å². The van der Waals surface area contributed by atoms with Crippen LogP contribution in [0.2, 0.25) is 0 Å². The molecule has 92 valence electrons. The molecule has 2 heterocycles. The van der Waals surface area contributed by atoms with Gasteiger partial charge in [0.05, 0.1) is 12.6 Å². The van der Waals surface area contributed by atoms with Crippen molar-refractivity contribution in [3.05, 3.63) is 23.9 Å². The first-order chi connectivity index (χ1) is 7.96. The van der Waals surface area contributed by atoms with Crippen LogP contribution in [0.25, 0.3) is 0 Å². The summed E-state index contributed by atoms with van der Waals surface area (Å²) in [5.74, 6) is -2.90. The van der Waals surface area contributed by atoms with Crippen molar-refractivity contribution in [1.82, 2.24) is 10.3 Å². The molecule has 17 heavy (non-hydrogen) atoms. The highest BCUT2D eigenvalue weighted by atomic mass is 19.3. The molecule has 0 saturated carbocycles. The Labute approximate surface area is 97.4 Å². The number of nitrogens with zero attached hydrogens (tertiary/aromatic N) is 1. The summed E-state index contributed by atoms with van der Waals surface area (Å²) in [6.07, 6.45) is 1.14. The quantitative estimate of drug-likeness (QED) is 0.821. The topological polar surface area (TPSA) is 54.0 Å². The number of hydrogen-bond donors (Lipinski definition) is 2. The van der Waals surface area contributed by atoms with Crippen molar-refractivity contribution in [2.45, 2.75) is 25.3 Å². The summed E-state index contributed by atoms with van der Waals surface area (Å²) in [5, 5.41) is 4.99. The maximum Gasteiger partial charge on any atom is 0.262 e. The number of anilines is 1. The van der Waals surface area contributed by atoms with Crippen LogP contribution in [0.4, 0.5) is 14.6 Å². The molecule has 0 unspecified atom stereocenters. The van der Waals surface area contributed by atoms with Gasteiger partial charge in [-0.05, 0) is 18.6 Å². The van der Waals surface area contributed by atoms with Crippen molar-refractivity contribution in [2.24, 2.45) is 0 Å². The number of nitrogens with one attached hydrogen (secondary N) is 2. The van der Waals surface area contributed by atoms with E-state index in [9.17, 15) is 13.6 Å². The van der Waals surface area contributed by atoms with Gasteiger partial charge in [-0.15, -0.1) is 0 Å². The predicted molar refractivity (Wildman–Crippen MR) is 59.0 cm³/mol. The van der Waals surface area contributed by atoms with Crippen molar-refractivity contribution in [2.75, 3.05) is 11.9 Å². The summed E-state index contributed by atoms with van der Waals surface area (Å²) in [7, 11) is 0. The Bertz CT molecular complexity index is 419. The van der Waals surface area contributed by atoms with Crippen LogP contribution in [0.15, 0.2) is 18.3 Å². The van der Waals surface area contributed by atoms with E-state index in [0.29, 0.717) is 5.82 Å². The first-order valence-corrected chi connectivity index (χ1v) is 5.31. The maximum atomic E-state index is 12.9. The summed E-state index contributed by atoms with van der Waals surface area (Å²) in [4.78, 5) is 15.6. The molecule has 6 heteroatoms. The second-order valence-electron chi connectivity index (χ2n) is 4.20. The first kappa shape index (κ1) is 11.9. The third kappa shape index (κ3) is 2.97. The van der Waals surface area contributed by atoms with Crippen LogP contribution in [-0.4, -0.2) is 29.4 Å². The van der Waals surface area contributed by atoms with Crippen LogP contribution in [0.3, 0.4) is 0 Å². The lowest BCUT2D eigenvalue weighted by atomic mass is 10.2. The normalized spacial score (nSPS) is 22.4. The van der Waals surface area contributed by atoms with Gasteiger partial charge in [0.15, 0.2) is 0 Å². The van der Waals surface area contributed by atoms with Gasteiger partial charge in [0.1, 0.15) is 5.82 Å². The molecular formula is C11H13F2N3O. The van der Waals surface area contributed by atoms with Crippen molar-refractivity contribution in [3.63, 3.8) is 0 Å². The molecular weight excluding hydrogens is 228 g/mol. The Morgan fingerprint density at radius 1 is 1.59 bits per heavy atom. The number of hydrogen-bond acceptors (Lipinski definition) is 3. The third-order valence-electron chi connectivity index (χ3n) is 2.59. The van der Waals surface area contributed by atoms with Gasteiger partial charge in [-0.2, -0.15) is 0 Å². The molecule has 2 rings (SSSR count). The second-order valence-corrected chi connectivity index (χ2v) is 4.20. The van der Waals surface area contributed by atoms with E-state index in [-0.39, 0.29) is 0 Å². The van der Waals surface area contributed by atoms with Crippen LogP contribution in [0.5, 0.6) is 0 Å². The Morgan fingerprint density at radius 3 is 2.88 bits per heavy atom. The average Bonchev–Trinajstić information content (AvgIpc) is 2.62. The molecule has 1 fully saturated rings. The van der Waals surface area contributed by atoms with E-state index in [2.05, 4.69) is 15.6 Å². The molecule has 0 bridgehead atoms. The van der Waals surface area contributed by atoms with Gasteiger partial charge in [-0.1, -0.05) is 6.07 Å². The first-order valence-electron chi connectivity index (χ1n) is 5.31. The highest BCUT2D eigenvalue weighted by Gasteiger charge is 2.42. The lowest BCUT2D eigenvalue weighted by molar-refractivity contribution is -0.118. The van der Waals surface area contributed by atoms with E-state index in [1.54, 1.807) is 18.3 Å². The lowest BCUT2D eigenvalue weighted by Gasteiger charge is -2.10. The average molecular weight is 241 g/mol. The largest absolute Gasteiger partial charge is 0.309 e. The van der Waals surface area contributed by atoms with Crippen molar-refractivity contribution >= 4 is 11.7 Å². The molecule has 1 aliphatic heterocycles. The van der Waals surface area contributed by atoms with Crippen molar-refractivity contribution in [1.29, 1.82) is 0 Å². The molecule has 0 radical (unpaired) electrons. The van der Waals surface area contributed by atoms with Crippen LogP contribution in [0, 0.1) is 6.92 Å². The number of aromatic nitrogens is 1. The molecule has 0 aromatic carbocycles. The molecule has 0 aliphatic carbocycles. The molecule has 0 spiro atoms. The zero-order valence-corrected chi connectivity index (χ0v) is 9.34. The summed E-state index contributed by atoms with van der Waals surface area (Å²) >= 11 is 0. The summed E-state index contributed by atoms with van der Waals surface area (Å²) in [6.45, 7) is 1.42. The number of amides is 1. The van der Waals surface area contributed by atoms with Gasteiger partial charge < -0.3 is 5.32 Å². The molecule has 2 N–H and O–H groups in total. The summed E-state index contributed by atoms with van der Waals surface area (Å²) in [5.41, 5.74) is 0.966. The number of aryl methyl sites for hydroxylation is 1. The van der Waals surface area contributed by atoms with Gasteiger partial charge in [-0.25, -0.2) is 13.8 Å². The summed E-state index contributed by atoms with van der Waals surface area (Å²) < 4.78 is 25.8. The standard InChI is InChI=1S/C11H13F2N3O/c1-7-2-3-9(14-5-7)16-10(17)8-4-11(12,13)6-15-8/h2-3,5,8,15H,4,6H2,1H3,(H,14,16,17)/t8-/m0/s1. The molecule has 1 aromatic rings. The fraction of sp³-hybridized carbons (Fsp3) is 0.455. The molecule has 4 nitrogen and oxygen atoms in total. The SMILES string of the molecule is Cc1ccc(NC(=O)[C@@H]2CC(F)(F)CN2)nc1. The predicted octanol–water partition coefficient (Wildman–Crippen LogP) is 1.33. The minimum absolute atomic E-state index is 0.373. The van der Waals surface area contributed by atoms with E-state index in [0.717, 1.165) is 5.56 Å². The molecule has 1 saturated heterocycles. The van der Waals surface area contributed by atoms with E-state index in [4.69, 9.17) is 0 Å².